The maximum absolute atomic E-state index is 12.8. The van der Waals surface area contributed by atoms with Gasteiger partial charge < -0.3 is 4.74 Å². The summed E-state index contributed by atoms with van der Waals surface area (Å²) in [6.45, 7) is 16.3. The number of ketones is 1. The minimum atomic E-state index is -0.201. The molecule has 0 amide bonds. The molecular weight excluding hydrogens is 408 g/mol. The summed E-state index contributed by atoms with van der Waals surface area (Å²) in [4.78, 5) is 24.7. The van der Waals surface area contributed by atoms with Gasteiger partial charge >= 0.3 is 5.97 Å². The van der Waals surface area contributed by atoms with E-state index in [0.29, 0.717) is 34.9 Å². The van der Waals surface area contributed by atoms with E-state index in [4.69, 9.17) is 4.74 Å². The van der Waals surface area contributed by atoms with Gasteiger partial charge in [0.05, 0.1) is 0 Å². The molecule has 0 aromatic carbocycles. The van der Waals surface area contributed by atoms with Crippen molar-refractivity contribution in [1.82, 2.24) is 0 Å². The summed E-state index contributed by atoms with van der Waals surface area (Å²) in [5.41, 5.74) is 3.08. The number of esters is 1. The zero-order chi connectivity index (χ0) is 24.0. The third kappa shape index (κ3) is 3.05. The molecular formula is C30H44O3. The van der Waals surface area contributed by atoms with E-state index in [-0.39, 0.29) is 28.3 Å². The predicted octanol–water partition coefficient (Wildman–Crippen LogP) is 7.06. The van der Waals surface area contributed by atoms with Crippen molar-refractivity contribution in [3.05, 3.63) is 23.3 Å². The topological polar surface area (TPSA) is 43.4 Å². The summed E-state index contributed by atoms with van der Waals surface area (Å²) in [5.74, 6) is 2.62. The molecule has 5 aliphatic rings. The van der Waals surface area contributed by atoms with Gasteiger partial charge in [0.2, 0.25) is 0 Å². The summed E-state index contributed by atoms with van der Waals surface area (Å²) in [6, 6.07) is 0. The number of hydrogen-bond donors (Lipinski definition) is 0. The molecule has 0 bridgehead atoms. The fraction of sp³-hybridized carbons (Fsp3) is 0.800. The molecule has 5 rings (SSSR count). The molecule has 33 heavy (non-hydrogen) atoms. The maximum atomic E-state index is 12.8. The third-order valence-corrected chi connectivity index (χ3v) is 12.0. The SMILES string of the molecule is CC1=C[C@@H](C[C@@H](C)[C@H]2CC[C@@]3(C)C4=CC[C@@H]5C(C)(C)C(=O)CC[C@]5(C)[C@@H]4CC[C@]23C)OC1=O. The van der Waals surface area contributed by atoms with Gasteiger partial charge in [-0.05, 0) is 97.9 Å². The van der Waals surface area contributed by atoms with Crippen LogP contribution in [0.5, 0.6) is 0 Å². The molecule has 4 aliphatic carbocycles. The summed E-state index contributed by atoms with van der Waals surface area (Å²) >= 11 is 0. The van der Waals surface area contributed by atoms with E-state index in [9.17, 15) is 9.59 Å². The van der Waals surface area contributed by atoms with Gasteiger partial charge in [-0.15, -0.1) is 0 Å². The van der Waals surface area contributed by atoms with Gasteiger partial charge in [-0.2, -0.15) is 0 Å². The van der Waals surface area contributed by atoms with Gasteiger partial charge in [-0.3, -0.25) is 4.79 Å². The number of Topliss-reactive ketones (excluding diaryl/α,β-unsaturated/α-hetero) is 1. The van der Waals surface area contributed by atoms with Crippen molar-refractivity contribution >= 4 is 11.8 Å². The second-order valence-electron chi connectivity index (χ2n) is 13.6. The van der Waals surface area contributed by atoms with Crippen molar-refractivity contribution in [2.45, 2.75) is 106 Å². The fourth-order valence-electron chi connectivity index (χ4n) is 9.72. The molecule has 0 N–H and O–H groups in total. The molecule has 0 radical (unpaired) electrons. The lowest BCUT2D eigenvalue weighted by Gasteiger charge is -2.63. The van der Waals surface area contributed by atoms with Crippen LogP contribution in [0.25, 0.3) is 0 Å². The number of hydrogen-bond acceptors (Lipinski definition) is 3. The van der Waals surface area contributed by atoms with E-state index in [1.54, 1.807) is 5.57 Å². The first-order chi connectivity index (χ1) is 15.3. The van der Waals surface area contributed by atoms with Crippen molar-refractivity contribution in [3.63, 3.8) is 0 Å². The molecule has 3 nitrogen and oxygen atoms in total. The van der Waals surface area contributed by atoms with Crippen molar-refractivity contribution in [1.29, 1.82) is 0 Å². The first-order valence-corrected chi connectivity index (χ1v) is 13.5. The predicted molar refractivity (Wildman–Crippen MR) is 131 cm³/mol. The van der Waals surface area contributed by atoms with Crippen LogP contribution in [0.2, 0.25) is 0 Å². The minimum Gasteiger partial charge on any atom is -0.455 e. The van der Waals surface area contributed by atoms with Crippen LogP contribution in [-0.4, -0.2) is 17.9 Å². The third-order valence-electron chi connectivity index (χ3n) is 12.0. The van der Waals surface area contributed by atoms with E-state index < -0.39 is 0 Å². The molecule has 0 unspecified atom stereocenters. The molecule has 3 fully saturated rings. The summed E-state index contributed by atoms with van der Waals surface area (Å²) in [5, 5.41) is 0. The van der Waals surface area contributed by atoms with Crippen molar-refractivity contribution in [3.8, 4) is 0 Å². The largest absolute Gasteiger partial charge is 0.455 e. The molecule has 8 atom stereocenters. The van der Waals surface area contributed by atoms with Crippen LogP contribution in [0.4, 0.5) is 0 Å². The van der Waals surface area contributed by atoms with Crippen molar-refractivity contribution in [2.24, 2.45) is 45.3 Å². The Morgan fingerprint density at radius 2 is 1.79 bits per heavy atom. The molecule has 3 saturated carbocycles. The molecule has 0 spiro atoms. The highest BCUT2D eigenvalue weighted by atomic mass is 16.5. The monoisotopic (exact) mass is 452 g/mol. The Kier molecular flexibility index (Phi) is 5.18. The smallest absolute Gasteiger partial charge is 0.334 e. The normalized spacial score (nSPS) is 47.1. The lowest BCUT2D eigenvalue weighted by atomic mass is 9.41. The Balaban J connectivity index is 1.43. The van der Waals surface area contributed by atoms with Gasteiger partial charge in [0, 0.05) is 17.4 Å². The van der Waals surface area contributed by atoms with Crippen LogP contribution in [0.3, 0.4) is 0 Å². The fourth-order valence-corrected chi connectivity index (χ4v) is 9.72. The van der Waals surface area contributed by atoms with Gasteiger partial charge in [-0.1, -0.05) is 53.2 Å². The highest BCUT2D eigenvalue weighted by Gasteiger charge is 2.65. The van der Waals surface area contributed by atoms with Crippen LogP contribution >= 0.6 is 0 Å². The van der Waals surface area contributed by atoms with Gasteiger partial charge in [-0.25, -0.2) is 4.79 Å². The number of fused-ring (bicyclic) bond motifs is 5. The van der Waals surface area contributed by atoms with Gasteiger partial charge in [0.1, 0.15) is 11.9 Å². The number of carbonyl (C=O) groups is 2. The molecule has 1 aliphatic heterocycles. The quantitative estimate of drug-likeness (QED) is 0.340. The van der Waals surface area contributed by atoms with E-state index >= 15 is 0 Å². The van der Waals surface area contributed by atoms with E-state index in [1.807, 2.05) is 13.0 Å². The van der Waals surface area contributed by atoms with E-state index in [2.05, 4.69) is 47.6 Å². The first-order valence-electron chi connectivity index (χ1n) is 13.5. The highest BCUT2D eigenvalue weighted by Crippen LogP contribution is 2.73. The Morgan fingerprint density at radius 3 is 2.45 bits per heavy atom. The average molecular weight is 453 g/mol. The molecule has 3 heteroatoms. The molecule has 0 aromatic rings. The second kappa shape index (κ2) is 7.31. The van der Waals surface area contributed by atoms with Crippen LogP contribution in [0, 0.1) is 45.3 Å². The van der Waals surface area contributed by atoms with Gasteiger partial charge in [0.25, 0.3) is 0 Å². The number of ether oxygens (including phenoxy) is 1. The van der Waals surface area contributed by atoms with Crippen molar-refractivity contribution < 1.29 is 14.3 Å². The zero-order valence-electron chi connectivity index (χ0n) is 21.9. The number of carbonyl (C=O) groups excluding carboxylic acids is 2. The Bertz CT molecular complexity index is 940. The van der Waals surface area contributed by atoms with Crippen LogP contribution in [0.1, 0.15) is 99.8 Å². The number of cyclic esters (lactones) is 1. The zero-order valence-corrected chi connectivity index (χ0v) is 21.9. The van der Waals surface area contributed by atoms with Crippen LogP contribution in [0.15, 0.2) is 23.3 Å². The molecule has 0 saturated heterocycles. The molecule has 182 valence electrons. The minimum absolute atomic E-state index is 0.0464. The summed E-state index contributed by atoms with van der Waals surface area (Å²) in [7, 11) is 0. The van der Waals surface area contributed by atoms with E-state index in [0.717, 1.165) is 31.3 Å². The summed E-state index contributed by atoms with van der Waals surface area (Å²) < 4.78 is 5.61. The van der Waals surface area contributed by atoms with Crippen LogP contribution < -0.4 is 0 Å². The highest BCUT2D eigenvalue weighted by molar-refractivity contribution is 5.90. The number of rotatable bonds is 3. The maximum Gasteiger partial charge on any atom is 0.334 e. The Morgan fingerprint density at radius 1 is 1.06 bits per heavy atom. The lowest BCUT2D eigenvalue weighted by molar-refractivity contribution is -0.146. The number of allylic oxidation sites excluding steroid dienone is 2. The molecule has 1 heterocycles. The van der Waals surface area contributed by atoms with Crippen molar-refractivity contribution in [2.75, 3.05) is 0 Å². The van der Waals surface area contributed by atoms with Crippen LogP contribution in [-0.2, 0) is 14.3 Å². The summed E-state index contributed by atoms with van der Waals surface area (Å²) in [6.07, 6.45) is 13.5. The van der Waals surface area contributed by atoms with Gasteiger partial charge in [0.15, 0.2) is 0 Å². The second-order valence-corrected chi connectivity index (χ2v) is 13.6. The lowest BCUT2D eigenvalue weighted by Crippen LogP contribution is -2.57. The Labute approximate surface area is 200 Å². The first kappa shape index (κ1) is 23.4. The van der Waals surface area contributed by atoms with E-state index in [1.165, 1.54) is 25.7 Å². The molecule has 0 aromatic heterocycles. The standard InChI is InChI=1S/C30H44O3/c1-18(16-20-17-19(2)26(32)33-20)21-10-14-30(7)23-8-9-24-27(3,4)25(31)12-13-28(24,5)22(23)11-15-29(21,30)6/h8,17-18,20-22,24H,9-16H2,1-7H3/t18-,20-,21-,22-,24-,28-,29-,30+/m1/s1. The average Bonchev–Trinajstić information content (AvgIpc) is 3.20. The Hall–Kier alpha value is -1.38.